The highest BCUT2D eigenvalue weighted by Gasteiger charge is 2.29. The Labute approximate surface area is 121 Å². The lowest BCUT2D eigenvalue weighted by atomic mass is 9.96. The van der Waals surface area contributed by atoms with Crippen LogP contribution >= 0.6 is 0 Å². The van der Waals surface area contributed by atoms with Gasteiger partial charge in [0.05, 0.1) is 31.0 Å². The number of nitrogens with zero attached hydrogens (tertiary/aromatic N) is 3. The van der Waals surface area contributed by atoms with E-state index in [1.54, 1.807) is 0 Å². The summed E-state index contributed by atoms with van der Waals surface area (Å²) in [5.74, 6) is 7.59. The molecule has 2 heterocycles. The fourth-order valence-corrected chi connectivity index (χ4v) is 3.28. The average Bonchev–Trinajstić information content (AvgIpc) is 3.12. The number of ether oxygens (including phenoxy) is 1. The number of hydrogen-bond acceptors (Lipinski definition) is 3. The molecule has 1 aliphatic heterocycles. The Morgan fingerprint density at radius 3 is 2.70 bits per heavy atom. The van der Waals surface area contributed by atoms with Gasteiger partial charge in [-0.05, 0) is 18.8 Å². The highest BCUT2D eigenvalue weighted by molar-refractivity contribution is 5.31. The fraction of sp³-hybridized carbons (Fsp3) is 0.688. The van der Waals surface area contributed by atoms with Crippen molar-refractivity contribution < 1.29 is 4.74 Å². The van der Waals surface area contributed by atoms with Gasteiger partial charge in [0.25, 0.3) is 0 Å². The van der Waals surface area contributed by atoms with E-state index in [-0.39, 0.29) is 0 Å². The second-order valence-electron chi connectivity index (χ2n) is 5.81. The van der Waals surface area contributed by atoms with Crippen LogP contribution in [-0.2, 0) is 11.8 Å². The minimum Gasteiger partial charge on any atom is -0.379 e. The lowest BCUT2D eigenvalue weighted by Crippen LogP contribution is -2.45. The van der Waals surface area contributed by atoms with E-state index >= 15 is 0 Å². The summed E-state index contributed by atoms with van der Waals surface area (Å²) < 4.78 is 7.28. The first-order valence-electron chi connectivity index (χ1n) is 7.65. The smallest absolute Gasteiger partial charge is 0.0748 e. The van der Waals surface area contributed by atoms with E-state index in [1.165, 1.54) is 25.7 Å². The predicted molar refractivity (Wildman–Crippen MR) is 78.2 cm³/mol. The van der Waals surface area contributed by atoms with E-state index in [9.17, 15) is 0 Å². The molecule has 0 amide bonds. The molecule has 4 heteroatoms. The minimum absolute atomic E-state index is 0.390. The molecule has 1 atom stereocenters. The highest BCUT2D eigenvalue weighted by atomic mass is 16.5. The van der Waals surface area contributed by atoms with Gasteiger partial charge in [-0.1, -0.05) is 24.7 Å². The van der Waals surface area contributed by atoms with Crippen LogP contribution in [0.3, 0.4) is 0 Å². The van der Waals surface area contributed by atoms with Crippen molar-refractivity contribution in [1.29, 1.82) is 0 Å². The molecular formula is C16H23N3O. The van der Waals surface area contributed by atoms with Crippen LogP contribution in [-0.4, -0.2) is 47.0 Å². The van der Waals surface area contributed by atoms with Crippen LogP contribution in [0.2, 0.25) is 0 Å². The molecule has 1 aromatic rings. The molecule has 20 heavy (non-hydrogen) atoms. The topological polar surface area (TPSA) is 30.3 Å². The van der Waals surface area contributed by atoms with Crippen LogP contribution in [0.1, 0.15) is 31.2 Å². The Morgan fingerprint density at radius 2 is 2.05 bits per heavy atom. The molecule has 1 saturated heterocycles. The largest absolute Gasteiger partial charge is 0.379 e. The van der Waals surface area contributed by atoms with Crippen LogP contribution < -0.4 is 0 Å². The predicted octanol–water partition coefficient (Wildman–Crippen LogP) is 1.66. The zero-order chi connectivity index (χ0) is 13.8. The first-order chi connectivity index (χ1) is 9.83. The van der Waals surface area contributed by atoms with Crippen LogP contribution in [0.5, 0.6) is 0 Å². The Morgan fingerprint density at radius 1 is 1.30 bits per heavy atom. The fourth-order valence-electron chi connectivity index (χ4n) is 3.28. The van der Waals surface area contributed by atoms with Gasteiger partial charge in [-0.25, -0.2) is 0 Å². The third-order valence-electron chi connectivity index (χ3n) is 4.35. The van der Waals surface area contributed by atoms with Crippen molar-refractivity contribution in [3.05, 3.63) is 18.0 Å². The molecule has 108 valence electrons. The maximum absolute atomic E-state index is 5.48. The molecule has 0 bridgehead atoms. The Bertz CT molecular complexity index is 487. The molecule has 1 unspecified atom stereocenters. The molecule has 0 aromatic carbocycles. The minimum atomic E-state index is 0.390. The first kappa shape index (κ1) is 13.7. The summed E-state index contributed by atoms with van der Waals surface area (Å²) in [6.45, 7) is 3.72. The van der Waals surface area contributed by atoms with Crippen LogP contribution in [0.4, 0.5) is 0 Å². The maximum atomic E-state index is 5.48. The maximum Gasteiger partial charge on any atom is 0.0748 e. The number of aryl methyl sites for hydroxylation is 1. The quantitative estimate of drug-likeness (QED) is 0.768. The summed E-state index contributed by atoms with van der Waals surface area (Å²) in [6, 6.07) is 0.390. The van der Waals surface area contributed by atoms with Crippen molar-refractivity contribution in [2.45, 2.75) is 31.7 Å². The molecule has 0 spiro atoms. The zero-order valence-electron chi connectivity index (χ0n) is 12.2. The molecule has 4 nitrogen and oxygen atoms in total. The third kappa shape index (κ3) is 3.23. The number of hydrogen-bond donors (Lipinski definition) is 0. The van der Waals surface area contributed by atoms with Crippen molar-refractivity contribution in [3.63, 3.8) is 0 Å². The number of morpholine rings is 1. The summed E-state index contributed by atoms with van der Waals surface area (Å²) in [5.41, 5.74) is 1.02. The van der Waals surface area contributed by atoms with Crippen molar-refractivity contribution in [3.8, 4) is 11.8 Å². The molecule has 2 aliphatic rings. The molecule has 3 rings (SSSR count). The Balaban J connectivity index is 1.75. The van der Waals surface area contributed by atoms with E-state index in [0.29, 0.717) is 6.04 Å². The summed E-state index contributed by atoms with van der Waals surface area (Å²) in [4.78, 5) is 2.52. The molecule has 0 radical (unpaired) electrons. The van der Waals surface area contributed by atoms with Crippen molar-refractivity contribution in [1.82, 2.24) is 14.7 Å². The van der Waals surface area contributed by atoms with Crippen molar-refractivity contribution in [2.24, 2.45) is 13.0 Å². The van der Waals surface area contributed by atoms with E-state index in [0.717, 1.165) is 37.8 Å². The van der Waals surface area contributed by atoms with Crippen LogP contribution in [0.15, 0.2) is 12.4 Å². The second kappa shape index (κ2) is 6.43. The molecule has 1 aliphatic carbocycles. The van der Waals surface area contributed by atoms with Gasteiger partial charge in [0.15, 0.2) is 0 Å². The highest BCUT2D eigenvalue weighted by Crippen LogP contribution is 2.30. The molecule has 1 aromatic heterocycles. The molecule has 1 saturated carbocycles. The second-order valence-corrected chi connectivity index (χ2v) is 5.81. The monoisotopic (exact) mass is 273 g/mol. The summed E-state index contributed by atoms with van der Waals surface area (Å²) in [6.07, 6.45) is 9.20. The SMILES string of the molecule is Cn1cc(C#CC(C2CCCC2)N2CCOCC2)cn1. The van der Waals surface area contributed by atoms with E-state index < -0.39 is 0 Å². The average molecular weight is 273 g/mol. The van der Waals surface area contributed by atoms with E-state index in [2.05, 4.69) is 21.8 Å². The molecular weight excluding hydrogens is 250 g/mol. The van der Waals surface area contributed by atoms with Gasteiger partial charge in [-0.15, -0.1) is 0 Å². The number of aromatic nitrogens is 2. The Kier molecular flexibility index (Phi) is 4.39. The van der Waals surface area contributed by atoms with E-state index in [4.69, 9.17) is 4.74 Å². The van der Waals surface area contributed by atoms with Gasteiger partial charge in [0.1, 0.15) is 0 Å². The third-order valence-corrected chi connectivity index (χ3v) is 4.35. The van der Waals surface area contributed by atoms with Gasteiger partial charge in [0, 0.05) is 26.3 Å². The van der Waals surface area contributed by atoms with Crippen molar-refractivity contribution >= 4 is 0 Å². The summed E-state index contributed by atoms with van der Waals surface area (Å²) in [7, 11) is 1.93. The standard InChI is InChI=1S/C16H23N3O/c1-18-13-14(12-17-18)6-7-16(15-4-2-3-5-15)19-8-10-20-11-9-19/h12-13,15-16H,2-5,8-11H2,1H3. The summed E-state index contributed by atoms with van der Waals surface area (Å²) in [5, 5.41) is 4.19. The molecule has 2 fully saturated rings. The van der Waals surface area contributed by atoms with Gasteiger partial charge >= 0.3 is 0 Å². The summed E-state index contributed by atoms with van der Waals surface area (Å²) >= 11 is 0. The van der Waals surface area contributed by atoms with Gasteiger partial charge in [-0.3, -0.25) is 9.58 Å². The normalized spacial score (nSPS) is 22.4. The zero-order valence-corrected chi connectivity index (χ0v) is 12.2. The first-order valence-corrected chi connectivity index (χ1v) is 7.65. The van der Waals surface area contributed by atoms with E-state index in [1.807, 2.05) is 24.1 Å². The number of rotatable bonds is 2. The van der Waals surface area contributed by atoms with Crippen LogP contribution in [0, 0.1) is 17.8 Å². The van der Waals surface area contributed by atoms with Gasteiger partial charge in [0.2, 0.25) is 0 Å². The van der Waals surface area contributed by atoms with Crippen LogP contribution in [0.25, 0.3) is 0 Å². The van der Waals surface area contributed by atoms with Gasteiger partial charge in [-0.2, -0.15) is 5.10 Å². The molecule has 0 N–H and O–H groups in total. The lowest BCUT2D eigenvalue weighted by molar-refractivity contribution is 0.0169. The Hall–Kier alpha value is -1.31. The lowest BCUT2D eigenvalue weighted by Gasteiger charge is -2.34. The van der Waals surface area contributed by atoms with Gasteiger partial charge < -0.3 is 4.74 Å². The van der Waals surface area contributed by atoms with Crippen molar-refractivity contribution in [2.75, 3.05) is 26.3 Å².